The Labute approximate surface area is 120 Å². The second-order valence-corrected chi connectivity index (χ2v) is 7.41. The average molecular weight is 283 g/mol. The lowest BCUT2D eigenvalue weighted by atomic mass is 9.66. The zero-order valence-corrected chi connectivity index (χ0v) is 13.2. The summed E-state index contributed by atoms with van der Waals surface area (Å²) in [5, 5.41) is 12.0. The Kier molecular flexibility index (Phi) is 4.22. The van der Waals surface area contributed by atoms with E-state index in [9.17, 15) is 14.7 Å². The summed E-state index contributed by atoms with van der Waals surface area (Å²) in [4.78, 5) is 24.0. The molecular weight excluding hydrogens is 258 g/mol. The molecule has 0 bridgehead atoms. The van der Waals surface area contributed by atoms with Gasteiger partial charge in [0.15, 0.2) is 5.78 Å². The largest absolute Gasteiger partial charge is 0.515 e. The van der Waals surface area contributed by atoms with E-state index >= 15 is 0 Å². The number of carbonyl (C=O) groups excluding carboxylic acids is 2. The molecule has 114 valence electrons. The zero-order chi connectivity index (χ0) is 15.8. The summed E-state index contributed by atoms with van der Waals surface area (Å²) in [6.07, 6.45) is 1.13. The SMILES string of the molecule is CC1(NC(=O)OC(C)(C)C)C/C(=C/O)C(=O)C(C)(C)C1. The third kappa shape index (κ3) is 3.99. The molecule has 1 fully saturated rings. The van der Waals surface area contributed by atoms with Gasteiger partial charge in [-0.15, -0.1) is 0 Å². The van der Waals surface area contributed by atoms with Gasteiger partial charge in [0.05, 0.1) is 6.26 Å². The molecule has 5 nitrogen and oxygen atoms in total. The molecule has 0 radical (unpaired) electrons. The van der Waals surface area contributed by atoms with Crippen molar-refractivity contribution in [1.29, 1.82) is 0 Å². The van der Waals surface area contributed by atoms with Crippen molar-refractivity contribution in [3.63, 3.8) is 0 Å². The molecule has 0 saturated heterocycles. The first kappa shape index (κ1) is 16.5. The van der Waals surface area contributed by atoms with E-state index in [2.05, 4.69) is 5.32 Å². The standard InChI is InChI=1S/C15H25NO4/c1-13(2,3)20-12(19)16-15(6)7-10(8-17)11(18)14(4,5)9-15/h8,17H,7,9H2,1-6H3,(H,16,19)/b10-8-. The van der Waals surface area contributed by atoms with Gasteiger partial charge in [0.1, 0.15) is 5.60 Å². The molecule has 1 saturated carbocycles. The summed E-state index contributed by atoms with van der Waals surface area (Å²) >= 11 is 0. The van der Waals surface area contributed by atoms with Crippen LogP contribution in [0.1, 0.15) is 54.4 Å². The van der Waals surface area contributed by atoms with Gasteiger partial charge in [-0.1, -0.05) is 13.8 Å². The molecule has 1 aliphatic rings. The van der Waals surface area contributed by atoms with Gasteiger partial charge in [-0.2, -0.15) is 0 Å². The third-order valence-electron chi connectivity index (χ3n) is 3.28. The zero-order valence-electron chi connectivity index (χ0n) is 13.2. The summed E-state index contributed by atoms with van der Waals surface area (Å²) in [5.74, 6) is -0.0801. The molecular formula is C15H25NO4. The number of hydrogen-bond donors (Lipinski definition) is 2. The minimum Gasteiger partial charge on any atom is -0.515 e. The summed E-state index contributed by atoms with van der Waals surface area (Å²) in [6.45, 7) is 10.9. The van der Waals surface area contributed by atoms with Crippen LogP contribution < -0.4 is 5.32 Å². The fraction of sp³-hybridized carbons (Fsp3) is 0.733. The lowest BCUT2D eigenvalue weighted by Gasteiger charge is -2.42. The van der Waals surface area contributed by atoms with Gasteiger partial charge in [0.2, 0.25) is 0 Å². The van der Waals surface area contributed by atoms with Gasteiger partial charge >= 0.3 is 6.09 Å². The summed E-state index contributed by atoms with van der Waals surface area (Å²) in [6, 6.07) is 0. The van der Waals surface area contributed by atoms with Crippen LogP contribution in [0.15, 0.2) is 11.8 Å². The highest BCUT2D eigenvalue weighted by Crippen LogP contribution is 2.41. The maximum atomic E-state index is 12.1. The fourth-order valence-corrected chi connectivity index (χ4v) is 2.80. The number of aliphatic hydroxyl groups is 1. The first-order valence-electron chi connectivity index (χ1n) is 6.78. The quantitative estimate of drug-likeness (QED) is 0.572. The third-order valence-corrected chi connectivity index (χ3v) is 3.28. The van der Waals surface area contributed by atoms with Crippen LogP contribution in [-0.2, 0) is 9.53 Å². The van der Waals surface area contributed by atoms with E-state index in [1.54, 1.807) is 20.8 Å². The molecule has 0 aromatic heterocycles. The highest BCUT2D eigenvalue weighted by atomic mass is 16.6. The van der Waals surface area contributed by atoms with Crippen molar-refractivity contribution in [1.82, 2.24) is 5.32 Å². The molecule has 0 aromatic carbocycles. The number of aliphatic hydroxyl groups excluding tert-OH is 1. The molecule has 2 N–H and O–H groups in total. The predicted octanol–water partition coefficient (Wildman–Crippen LogP) is 3.10. The second kappa shape index (κ2) is 5.11. The van der Waals surface area contributed by atoms with Crippen LogP contribution in [0.25, 0.3) is 0 Å². The molecule has 20 heavy (non-hydrogen) atoms. The van der Waals surface area contributed by atoms with Gasteiger partial charge in [-0.25, -0.2) is 4.79 Å². The molecule has 1 atom stereocenters. The lowest BCUT2D eigenvalue weighted by molar-refractivity contribution is -0.126. The Morgan fingerprint density at radius 2 is 1.90 bits per heavy atom. The van der Waals surface area contributed by atoms with Crippen molar-refractivity contribution in [2.24, 2.45) is 5.41 Å². The molecule has 0 aliphatic heterocycles. The van der Waals surface area contributed by atoms with Crippen LogP contribution in [0, 0.1) is 5.41 Å². The van der Waals surface area contributed by atoms with Crippen molar-refractivity contribution in [3.05, 3.63) is 11.8 Å². The van der Waals surface area contributed by atoms with Crippen molar-refractivity contribution < 1.29 is 19.4 Å². The maximum Gasteiger partial charge on any atom is 0.408 e. The number of alkyl carbamates (subject to hydrolysis) is 1. The van der Waals surface area contributed by atoms with E-state index in [1.807, 2.05) is 20.8 Å². The fourth-order valence-electron chi connectivity index (χ4n) is 2.80. The molecule has 1 unspecified atom stereocenters. The van der Waals surface area contributed by atoms with Crippen LogP contribution >= 0.6 is 0 Å². The molecule has 0 spiro atoms. The summed E-state index contributed by atoms with van der Waals surface area (Å²) in [5.41, 5.74) is -1.49. The van der Waals surface area contributed by atoms with Crippen molar-refractivity contribution in [2.75, 3.05) is 0 Å². The lowest BCUT2D eigenvalue weighted by Crippen LogP contribution is -2.55. The number of ether oxygens (including phenoxy) is 1. The van der Waals surface area contributed by atoms with Gasteiger partial charge < -0.3 is 15.2 Å². The van der Waals surface area contributed by atoms with Crippen LogP contribution in [-0.4, -0.2) is 28.1 Å². The van der Waals surface area contributed by atoms with Gasteiger partial charge in [0.25, 0.3) is 0 Å². The molecule has 5 heteroatoms. The van der Waals surface area contributed by atoms with E-state index in [4.69, 9.17) is 4.74 Å². The van der Waals surface area contributed by atoms with Crippen LogP contribution in [0.3, 0.4) is 0 Å². The molecule has 1 amide bonds. The Balaban J connectivity index is 2.88. The monoisotopic (exact) mass is 283 g/mol. The number of Topliss-reactive ketones (excluding diaryl/α,β-unsaturated/α-hetero) is 1. The Morgan fingerprint density at radius 3 is 2.35 bits per heavy atom. The minimum atomic E-state index is -0.628. The van der Waals surface area contributed by atoms with E-state index in [0.717, 1.165) is 6.26 Å². The summed E-state index contributed by atoms with van der Waals surface area (Å²) < 4.78 is 5.25. The normalized spacial score (nSPS) is 28.3. The van der Waals surface area contributed by atoms with E-state index < -0.39 is 22.6 Å². The first-order chi connectivity index (χ1) is 8.88. The van der Waals surface area contributed by atoms with E-state index in [-0.39, 0.29) is 5.78 Å². The Bertz CT molecular complexity index is 445. The number of carbonyl (C=O) groups is 2. The number of hydrogen-bond acceptors (Lipinski definition) is 4. The van der Waals surface area contributed by atoms with Crippen LogP contribution in [0.5, 0.6) is 0 Å². The summed E-state index contributed by atoms with van der Waals surface area (Å²) in [7, 11) is 0. The van der Waals surface area contributed by atoms with Crippen LogP contribution in [0.4, 0.5) is 4.79 Å². The van der Waals surface area contributed by atoms with Gasteiger partial charge in [-0.05, 0) is 34.1 Å². The topological polar surface area (TPSA) is 75.6 Å². The first-order valence-corrected chi connectivity index (χ1v) is 6.78. The van der Waals surface area contributed by atoms with E-state index in [1.165, 1.54) is 0 Å². The maximum absolute atomic E-state index is 12.1. The highest BCUT2D eigenvalue weighted by molar-refractivity contribution is 6.00. The smallest absolute Gasteiger partial charge is 0.408 e. The van der Waals surface area contributed by atoms with Crippen molar-refractivity contribution >= 4 is 11.9 Å². The van der Waals surface area contributed by atoms with Crippen molar-refractivity contribution in [2.45, 2.75) is 65.5 Å². The number of amides is 1. The molecule has 1 rings (SSSR count). The van der Waals surface area contributed by atoms with Gasteiger partial charge in [-0.3, -0.25) is 4.79 Å². The predicted molar refractivity (Wildman–Crippen MR) is 76.5 cm³/mol. The highest BCUT2D eigenvalue weighted by Gasteiger charge is 2.46. The number of ketones is 1. The molecule has 1 aliphatic carbocycles. The van der Waals surface area contributed by atoms with Crippen molar-refractivity contribution in [3.8, 4) is 0 Å². The Morgan fingerprint density at radius 1 is 1.35 bits per heavy atom. The molecule has 0 aromatic rings. The van der Waals surface area contributed by atoms with Gasteiger partial charge in [0, 0.05) is 22.9 Å². The number of nitrogens with one attached hydrogen (secondary N) is 1. The molecule has 0 heterocycles. The number of rotatable bonds is 1. The van der Waals surface area contributed by atoms with E-state index in [0.29, 0.717) is 18.4 Å². The minimum absolute atomic E-state index is 0.0801. The second-order valence-electron chi connectivity index (χ2n) is 7.41. The average Bonchev–Trinajstić information content (AvgIpc) is 2.19. The van der Waals surface area contributed by atoms with Crippen LogP contribution in [0.2, 0.25) is 0 Å². The Hall–Kier alpha value is -1.52.